The summed E-state index contributed by atoms with van der Waals surface area (Å²) in [7, 11) is 0. The predicted octanol–water partition coefficient (Wildman–Crippen LogP) is 1.78. The molecule has 0 N–H and O–H groups in total. The summed E-state index contributed by atoms with van der Waals surface area (Å²) in [5, 5.41) is 12.2. The van der Waals surface area contributed by atoms with Gasteiger partial charge in [0.25, 0.3) is 11.8 Å². The molecule has 2 aliphatic heterocycles. The molecule has 1 aromatic heterocycles. The first-order valence-corrected chi connectivity index (χ1v) is 12.5. The highest BCUT2D eigenvalue weighted by Crippen LogP contribution is 2.23. The van der Waals surface area contributed by atoms with Crippen molar-refractivity contribution < 1.29 is 19.1 Å². The standard InChI is InChI=1S/C26H29N7O4/c1-2-37-20-11-9-19(10-12-20)33-23(27-28-29-33)18-30-14-16-31(17-15-30)24(34)8-5-13-32-25(35)21-6-3-4-7-22(21)26(32)36/h3-4,6-7,9-12H,2,5,8,13-18H2,1H3. The molecular weight excluding hydrogens is 474 g/mol. The van der Waals surface area contributed by atoms with Gasteiger partial charge in [-0.3, -0.25) is 24.2 Å². The summed E-state index contributed by atoms with van der Waals surface area (Å²) in [6.07, 6.45) is 0.741. The Morgan fingerprint density at radius 2 is 1.62 bits per heavy atom. The van der Waals surface area contributed by atoms with Crippen LogP contribution in [0.1, 0.15) is 46.3 Å². The van der Waals surface area contributed by atoms with Crippen molar-refractivity contribution in [2.24, 2.45) is 0 Å². The molecule has 2 aliphatic rings. The molecule has 0 bridgehead atoms. The number of carbonyl (C=O) groups excluding carboxylic acids is 3. The topological polar surface area (TPSA) is 114 Å². The van der Waals surface area contributed by atoms with Crippen molar-refractivity contribution in [3.8, 4) is 11.4 Å². The molecule has 37 heavy (non-hydrogen) atoms. The Balaban J connectivity index is 1.08. The van der Waals surface area contributed by atoms with Gasteiger partial charge in [0.05, 0.1) is 30.0 Å². The van der Waals surface area contributed by atoms with Gasteiger partial charge in [-0.25, -0.2) is 0 Å². The van der Waals surface area contributed by atoms with E-state index >= 15 is 0 Å². The van der Waals surface area contributed by atoms with Gasteiger partial charge in [0, 0.05) is 39.1 Å². The number of rotatable bonds is 9. The largest absolute Gasteiger partial charge is 0.494 e. The summed E-state index contributed by atoms with van der Waals surface area (Å²) in [5.74, 6) is 0.995. The molecule has 0 atom stereocenters. The van der Waals surface area contributed by atoms with Crippen LogP contribution < -0.4 is 4.74 Å². The summed E-state index contributed by atoms with van der Waals surface area (Å²) in [5.41, 5.74) is 1.72. The fourth-order valence-electron chi connectivity index (χ4n) is 4.70. The van der Waals surface area contributed by atoms with Crippen LogP contribution in [0.3, 0.4) is 0 Å². The van der Waals surface area contributed by atoms with Gasteiger partial charge in [-0.1, -0.05) is 12.1 Å². The second kappa shape index (κ2) is 10.9. The van der Waals surface area contributed by atoms with Crippen molar-refractivity contribution >= 4 is 17.7 Å². The number of ether oxygens (including phenoxy) is 1. The normalized spacial score (nSPS) is 15.8. The molecule has 192 valence electrons. The number of hydrogen-bond donors (Lipinski definition) is 0. The lowest BCUT2D eigenvalue weighted by Gasteiger charge is -2.34. The van der Waals surface area contributed by atoms with Gasteiger partial charge in [-0.05, 0) is 60.2 Å². The minimum Gasteiger partial charge on any atom is -0.494 e. The molecule has 3 aromatic rings. The molecular formula is C26H29N7O4. The third-order valence-corrected chi connectivity index (χ3v) is 6.67. The highest BCUT2D eigenvalue weighted by molar-refractivity contribution is 6.21. The Bertz CT molecular complexity index is 1250. The van der Waals surface area contributed by atoms with Gasteiger partial charge >= 0.3 is 0 Å². The SMILES string of the molecule is CCOc1ccc(-n2nnnc2CN2CCN(C(=O)CCCN3C(=O)c4ccccc4C3=O)CC2)cc1. The molecule has 3 heterocycles. The molecule has 0 spiro atoms. The van der Waals surface area contributed by atoms with Gasteiger partial charge in [0.1, 0.15) is 5.75 Å². The number of tetrazole rings is 1. The van der Waals surface area contributed by atoms with Crippen LogP contribution >= 0.6 is 0 Å². The van der Waals surface area contributed by atoms with Crippen LogP contribution in [-0.4, -0.2) is 92.0 Å². The molecule has 0 saturated carbocycles. The maximum atomic E-state index is 12.8. The summed E-state index contributed by atoms with van der Waals surface area (Å²) >= 11 is 0. The fraction of sp³-hybridized carbons (Fsp3) is 0.385. The van der Waals surface area contributed by atoms with Gasteiger partial charge in [-0.15, -0.1) is 5.10 Å². The van der Waals surface area contributed by atoms with Crippen molar-refractivity contribution in [2.75, 3.05) is 39.3 Å². The van der Waals surface area contributed by atoms with Crippen LogP contribution in [-0.2, 0) is 11.3 Å². The third kappa shape index (κ3) is 5.21. The molecule has 0 unspecified atom stereocenters. The van der Waals surface area contributed by atoms with E-state index in [-0.39, 0.29) is 24.3 Å². The van der Waals surface area contributed by atoms with E-state index in [1.165, 1.54) is 4.90 Å². The van der Waals surface area contributed by atoms with E-state index in [2.05, 4.69) is 20.4 Å². The molecule has 11 nitrogen and oxygen atoms in total. The zero-order chi connectivity index (χ0) is 25.8. The number of imide groups is 1. The number of amides is 3. The van der Waals surface area contributed by atoms with Crippen LogP contribution in [0.2, 0.25) is 0 Å². The third-order valence-electron chi connectivity index (χ3n) is 6.67. The van der Waals surface area contributed by atoms with E-state index in [0.29, 0.717) is 63.3 Å². The number of aromatic nitrogens is 4. The van der Waals surface area contributed by atoms with Crippen LogP contribution in [0.5, 0.6) is 5.75 Å². The molecule has 0 radical (unpaired) electrons. The minimum absolute atomic E-state index is 0.0375. The second-order valence-electron chi connectivity index (χ2n) is 9.00. The van der Waals surface area contributed by atoms with E-state index in [0.717, 1.165) is 17.3 Å². The average molecular weight is 504 g/mol. The molecule has 3 amide bonds. The first-order chi connectivity index (χ1) is 18.0. The van der Waals surface area contributed by atoms with E-state index in [4.69, 9.17) is 4.74 Å². The van der Waals surface area contributed by atoms with Crippen LogP contribution in [0, 0.1) is 0 Å². The number of benzene rings is 2. The first kappa shape index (κ1) is 24.6. The molecule has 1 fully saturated rings. The van der Waals surface area contributed by atoms with Crippen molar-refractivity contribution in [3.05, 3.63) is 65.5 Å². The summed E-state index contributed by atoms with van der Waals surface area (Å²) in [6, 6.07) is 14.4. The van der Waals surface area contributed by atoms with Gasteiger partial charge < -0.3 is 9.64 Å². The lowest BCUT2D eigenvalue weighted by Crippen LogP contribution is -2.48. The Labute approximate surface area is 214 Å². The van der Waals surface area contributed by atoms with Crippen molar-refractivity contribution in [1.82, 2.24) is 34.9 Å². The zero-order valence-corrected chi connectivity index (χ0v) is 20.7. The molecule has 1 saturated heterocycles. The van der Waals surface area contributed by atoms with Crippen LogP contribution in [0.4, 0.5) is 0 Å². The monoisotopic (exact) mass is 503 g/mol. The molecule has 5 rings (SSSR count). The van der Waals surface area contributed by atoms with Crippen LogP contribution in [0.25, 0.3) is 5.69 Å². The predicted molar refractivity (Wildman–Crippen MR) is 133 cm³/mol. The quantitative estimate of drug-likeness (QED) is 0.406. The van der Waals surface area contributed by atoms with E-state index in [1.807, 2.05) is 36.1 Å². The Morgan fingerprint density at radius 3 is 2.27 bits per heavy atom. The summed E-state index contributed by atoms with van der Waals surface area (Å²) in [4.78, 5) is 43.0. The maximum Gasteiger partial charge on any atom is 0.261 e. The number of hydrogen-bond acceptors (Lipinski definition) is 8. The van der Waals surface area contributed by atoms with Gasteiger partial charge in [-0.2, -0.15) is 4.68 Å². The number of fused-ring (bicyclic) bond motifs is 1. The van der Waals surface area contributed by atoms with Gasteiger partial charge in [0.2, 0.25) is 5.91 Å². The fourth-order valence-corrected chi connectivity index (χ4v) is 4.70. The lowest BCUT2D eigenvalue weighted by molar-refractivity contribution is -0.133. The van der Waals surface area contributed by atoms with Gasteiger partial charge in [0.15, 0.2) is 5.82 Å². The number of nitrogens with zero attached hydrogens (tertiary/aromatic N) is 7. The molecule has 0 aliphatic carbocycles. The summed E-state index contributed by atoms with van der Waals surface area (Å²) < 4.78 is 7.21. The lowest BCUT2D eigenvalue weighted by atomic mass is 10.1. The van der Waals surface area contributed by atoms with E-state index in [9.17, 15) is 14.4 Å². The maximum absolute atomic E-state index is 12.8. The average Bonchev–Trinajstić information content (AvgIpc) is 3.48. The highest BCUT2D eigenvalue weighted by Gasteiger charge is 2.34. The Kier molecular flexibility index (Phi) is 7.22. The van der Waals surface area contributed by atoms with Crippen LogP contribution in [0.15, 0.2) is 48.5 Å². The minimum atomic E-state index is -0.283. The smallest absolute Gasteiger partial charge is 0.261 e. The number of piperazine rings is 1. The van der Waals surface area contributed by atoms with Crippen molar-refractivity contribution in [2.45, 2.75) is 26.3 Å². The molecule has 2 aromatic carbocycles. The summed E-state index contributed by atoms with van der Waals surface area (Å²) in [6.45, 7) is 6.00. The Morgan fingerprint density at radius 1 is 0.946 bits per heavy atom. The first-order valence-electron chi connectivity index (χ1n) is 12.5. The molecule has 11 heteroatoms. The number of carbonyl (C=O) groups is 3. The zero-order valence-electron chi connectivity index (χ0n) is 20.7. The van der Waals surface area contributed by atoms with E-state index in [1.54, 1.807) is 28.9 Å². The van der Waals surface area contributed by atoms with Crippen molar-refractivity contribution in [1.29, 1.82) is 0 Å². The van der Waals surface area contributed by atoms with E-state index < -0.39 is 0 Å². The highest BCUT2D eigenvalue weighted by atomic mass is 16.5. The second-order valence-corrected chi connectivity index (χ2v) is 9.00. The van der Waals surface area contributed by atoms with Crippen molar-refractivity contribution in [3.63, 3.8) is 0 Å². The Hall–Kier alpha value is -4.12.